The molecule has 7 nitrogen and oxygen atoms in total. The largest absolute Gasteiger partial charge is 0.481 e. The van der Waals surface area contributed by atoms with Gasteiger partial charge < -0.3 is 20.1 Å². The van der Waals surface area contributed by atoms with E-state index in [1.807, 2.05) is 38.2 Å². The standard InChI is InChI=1S/C28H38O7/c1-21(15-18-24(19-26(29)30)20-27(31)32)13-11-9-7-5-6-8-10-12-14-25(35-4)22(2)16-17-23(3)28(33)34/h6,8-12,15-19,21,25H,5,7,13-14,20H2,1-4H3,(H,29,30)(H,31,32)(H,33,34)/t21-,25+/m0/s1. The van der Waals surface area contributed by atoms with E-state index < -0.39 is 17.9 Å². The van der Waals surface area contributed by atoms with Crippen LogP contribution in [-0.2, 0) is 19.1 Å². The summed E-state index contributed by atoms with van der Waals surface area (Å²) >= 11 is 0. The van der Waals surface area contributed by atoms with E-state index in [0.717, 1.165) is 30.9 Å². The van der Waals surface area contributed by atoms with Crippen LogP contribution >= 0.6 is 0 Å². The number of methoxy groups -OCH3 is 1. The molecule has 0 heterocycles. The summed E-state index contributed by atoms with van der Waals surface area (Å²) in [6.45, 7) is 5.44. The summed E-state index contributed by atoms with van der Waals surface area (Å²) < 4.78 is 5.47. The molecule has 35 heavy (non-hydrogen) atoms. The summed E-state index contributed by atoms with van der Waals surface area (Å²) in [6, 6.07) is 0. The summed E-state index contributed by atoms with van der Waals surface area (Å²) in [4.78, 5) is 32.4. The van der Waals surface area contributed by atoms with Crippen LogP contribution in [0.15, 0.2) is 83.6 Å². The Balaban J connectivity index is 4.41. The van der Waals surface area contributed by atoms with Gasteiger partial charge in [-0.15, -0.1) is 0 Å². The Bertz CT molecular complexity index is 898. The van der Waals surface area contributed by atoms with Gasteiger partial charge in [0, 0.05) is 18.8 Å². The van der Waals surface area contributed by atoms with E-state index in [1.165, 1.54) is 0 Å². The molecule has 0 aliphatic rings. The quantitative estimate of drug-likeness (QED) is 0.101. The van der Waals surface area contributed by atoms with E-state index in [1.54, 1.807) is 32.3 Å². The van der Waals surface area contributed by atoms with Gasteiger partial charge in [0.25, 0.3) is 0 Å². The first kappa shape index (κ1) is 31.6. The predicted molar refractivity (Wildman–Crippen MR) is 138 cm³/mol. The average Bonchev–Trinajstić information content (AvgIpc) is 2.78. The minimum atomic E-state index is -1.16. The van der Waals surface area contributed by atoms with Crippen molar-refractivity contribution in [3.8, 4) is 0 Å². The average molecular weight is 487 g/mol. The van der Waals surface area contributed by atoms with Crippen molar-refractivity contribution < 1.29 is 34.4 Å². The van der Waals surface area contributed by atoms with Crippen LogP contribution in [-0.4, -0.2) is 46.4 Å². The SMILES string of the molecule is CO[C@H](CC=CC=CCCC=CC[C@H](C)C=CC(=CC(=O)O)CC(=O)O)C(C)=CC=C(C)C(=O)O. The lowest BCUT2D eigenvalue weighted by Gasteiger charge is -2.13. The highest BCUT2D eigenvalue weighted by Crippen LogP contribution is 2.12. The van der Waals surface area contributed by atoms with Crippen LogP contribution in [0.5, 0.6) is 0 Å². The molecule has 0 saturated carbocycles. The first-order valence-electron chi connectivity index (χ1n) is 11.5. The number of ether oxygens (including phenoxy) is 1. The Morgan fingerprint density at radius 2 is 1.54 bits per heavy atom. The van der Waals surface area contributed by atoms with Gasteiger partial charge in [-0.05, 0) is 56.6 Å². The number of hydrogen-bond donors (Lipinski definition) is 3. The first-order valence-corrected chi connectivity index (χ1v) is 11.5. The summed E-state index contributed by atoms with van der Waals surface area (Å²) in [5, 5.41) is 26.6. The molecule has 0 bridgehead atoms. The molecule has 0 aliphatic carbocycles. The lowest BCUT2D eigenvalue weighted by molar-refractivity contribution is -0.136. The molecule has 0 saturated heterocycles. The third-order valence-corrected chi connectivity index (χ3v) is 4.94. The second-order valence-corrected chi connectivity index (χ2v) is 8.13. The lowest BCUT2D eigenvalue weighted by atomic mass is 10.0. The van der Waals surface area contributed by atoms with Crippen LogP contribution in [0.3, 0.4) is 0 Å². The van der Waals surface area contributed by atoms with Crippen molar-refractivity contribution in [2.45, 2.75) is 59.0 Å². The number of carbonyl (C=O) groups is 3. The van der Waals surface area contributed by atoms with Gasteiger partial charge in [0.15, 0.2) is 0 Å². The highest BCUT2D eigenvalue weighted by atomic mass is 16.5. The van der Waals surface area contributed by atoms with Crippen molar-refractivity contribution in [1.82, 2.24) is 0 Å². The van der Waals surface area contributed by atoms with Gasteiger partial charge in [-0.2, -0.15) is 0 Å². The van der Waals surface area contributed by atoms with Gasteiger partial charge in [-0.3, -0.25) is 4.79 Å². The smallest absolute Gasteiger partial charge is 0.331 e. The van der Waals surface area contributed by atoms with Gasteiger partial charge in [0.2, 0.25) is 0 Å². The van der Waals surface area contributed by atoms with Crippen LogP contribution in [0, 0.1) is 5.92 Å². The molecule has 0 radical (unpaired) electrons. The van der Waals surface area contributed by atoms with Crippen molar-refractivity contribution in [2.24, 2.45) is 5.92 Å². The molecule has 3 N–H and O–H groups in total. The van der Waals surface area contributed by atoms with Crippen molar-refractivity contribution in [2.75, 3.05) is 7.11 Å². The normalized spacial score (nSPS) is 15.5. The number of unbranched alkanes of at least 4 members (excludes halogenated alkanes) is 1. The predicted octanol–water partition coefficient (Wildman–Crippen LogP) is 5.89. The summed E-state index contributed by atoms with van der Waals surface area (Å²) in [6.07, 6.45) is 22.6. The van der Waals surface area contributed by atoms with Gasteiger partial charge in [0.1, 0.15) is 0 Å². The maximum Gasteiger partial charge on any atom is 0.331 e. The third kappa shape index (κ3) is 17.7. The van der Waals surface area contributed by atoms with Crippen LogP contribution in [0.4, 0.5) is 0 Å². The molecular formula is C28H38O7. The Kier molecular flexibility index (Phi) is 17.1. The van der Waals surface area contributed by atoms with E-state index >= 15 is 0 Å². The molecule has 2 atom stereocenters. The Labute approximate surface area is 208 Å². The molecule has 0 aromatic heterocycles. The summed E-state index contributed by atoms with van der Waals surface area (Å²) in [5.74, 6) is -3.01. The lowest BCUT2D eigenvalue weighted by Crippen LogP contribution is -2.10. The minimum Gasteiger partial charge on any atom is -0.481 e. The van der Waals surface area contributed by atoms with Crippen LogP contribution in [0.1, 0.15) is 52.9 Å². The first-order chi connectivity index (χ1) is 16.6. The van der Waals surface area contributed by atoms with Gasteiger partial charge >= 0.3 is 17.9 Å². The van der Waals surface area contributed by atoms with Crippen LogP contribution < -0.4 is 0 Å². The Morgan fingerprint density at radius 1 is 0.886 bits per heavy atom. The summed E-state index contributed by atoms with van der Waals surface area (Å²) in [5.41, 5.74) is 1.48. The molecule has 0 amide bonds. The second kappa shape index (κ2) is 18.9. The highest BCUT2D eigenvalue weighted by Gasteiger charge is 2.07. The van der Waals surface area contributed by atoms with Crippen molar-refractivity contribution in [1.29, 1.82) is 0 Å². The maximum atomic E-state index is 10.9. The zero-order chi connectivity index (χ0) is 26.6. The fourth-order valence-corrected chi connectivity index (χ4v) is 2.84. The number of hydrogen-bond acceptors (Lipinski definition) is 4. The minimum absolute atomic E-state index is 0.115. The van der Waals surface area contributed by atoms with E-state index in [2.05, 4.69) is 18.2 Å². The van der Waals surface area contributed by atoms with Crippen molar-refractivity contribution >= 4 is 17.9 Å². The van der Waals surface area contributed by atoms with Gasteiger partial charge in [0.05, 0.1) is 12.5 Å². The molecule has 7 heteroatoms. The highest BCUT2D eigenvalue weighted by molar-refractivity contribution is 5.86. The fraction of sp³-hybridized carbons (Fsp3) is 0.393. The molecule has 0 unspecified atom stereocenters. The van der Waals surface area contributed by atoms with Gasteiger partial charge in [-0.25, -0.2) is 9.59 Å². The Morgan fingerprint density at radius 3 is 2.14 bits per heavy atom. The number of aliphatic carboxylic acids is 3. The number of carboxylic acid groups (broad SMARTS) is 3. The van der Waals surface area contributed by atoms with E-state index in [0.29, 0.717) is 6.42 Å². The molecule has 0 aliphatic heterocycles. The zero-order valence-electron chi connectivity index (χ0n) is 21.0. The molecule has 0 spiro atoms. The summed E-state index contributed by atoms with van der Waals surface area (Å²) in [7, 11) is 1.63. The number of rotatable bonds is 17. The van der Waals surface area contributed by atoms with Crippen LogP contribution in [0.25, 0.3) is 0 Å². The molecule has 0 aromatic rings. The number of allylic oxidation sites excluding steroid dienone is 9. The van der Waals surface area contributed by atoms with E-state index in [9.17, 15) is 14.4 Å². The second-order valence-electron chi connectivity index (χ2n) is 8.13. The fourth-order valence-electron chi connectivity index (χ4n) is 2.84. The molecule has 0 aromatic carbocycles. The molecular weight excluding hydrogens is 448 g/mol. The van der Waals surface area contributed by atoms with E-state index in [4.69, 9.17) is 20.1 Å². The Hall–Kier alpha value is -3.45. The maximum absolute atomic E-state index is 10.9. The van der Waals surface area contributed by atoms with Crippen molar-refractivity contribution in [3.05, 3.63) is 83.6 Å². The molecule has 192 valence electrons. The van der Waals surface area contributed by atoms with E-state index in [-0.39, 0.29) is 29.6 Å². The molecule has 0 rings (SSSR count). The zero-order valence-corrected chi connectivity index (χ0v) is 21.0. The van der Waals surface area contributed by atoms with Gasteiger partial charge in [-0.1, -0.05) is 67.7 Å². The number of carboxylic acids is 3. The topological polar surface area (TPSA) is 121 Å². The third-order valence-electron chi connectivity index (χ3n) is 4.94. The monoisotopic (exact) mass is 486 g/mol. The van der Waals surface area contributed by atoms with Crippen LogP contribution in [0.2, 0.25) is 0 Å². The molecule has 0 fully saturated rings. The van der Waals surface area contributed by atoms with Crippen molar-refractivity contribution in [3.63, 3.8) is 0 Å².